The van der Waals surface area contributed by atoms with Crippen molar-refractivity contribution in [3.63, 3.8) is 0 Å². The number of fused-ring (bicyclic) bond motifs is 5. The highest BCUT2D eigenvalue weighted by atomic mass is 16.3. The highest BCUT2D eigenvalue weighted by Gasteiger charge is 2.63. The molecule has 4 aliphatic rings. The number of allylic oxidation sites excluding steroid dienone is 1. The van der Waals surface area contributed by atoms with E-state index in [9.17, 15) is 9.90 Å². The van der Waals surface area contributed by atoms with Gasteiger partial charge in [-0.15, -0.1) is 0 Å². The van der Waals surface area contributed by atoms with Crippen LogP contribution in [0.15, 0.2) is 11.6 Å². The first-order chi connectivity index (χ1) is 14.4. The van der Waals surface area contributed by atoms with Gasteiger partial charge in [0.25, 0.3) is 0 Å². The minimum atomic E-state index is -0.511. The Hall–Kier alpha value is -0.630. The van der Waals surface area contributed by atoms with E-state index in [1.165, 1.54) is 50.5 Å². The summed E-state index contributed by atoms with van der Waals surface area (Å²) in [5.41, 5.74) is 1.08. The van der Waals surface area contributed by atoms with Gasteiger partial charge in [0.15, 0.2) is 0 Å². The van der Waals surface area contributed by atoms with Gasteiger partial charge >= 0.3 is 0 Å². The number of aliphatic hydroxyl groups excluding tert-OH is 1. The second kappa shape index (κ2) is 8.00. The van der Waals surface area contributed by atoms with E-state index in [1.54, 1.807) is 0 Å². The van der Waals surface area contributed by atoms with Gasteiger partial charge in [-0.2, -0.15) is 0 Å². The Morgan fingerprint density at radius 3 is 2.42 bits per heavy atom. The van der Waals surface area contributed by atoms with Crippen LogP contribution in [0.25, 0.3) is 0 Å². The van der Waals surface area contributed by atoms with Crippen LogP contribution >= 0.6 is 0 Å². The van der Waals surface area contributed by atoms with E-state index in [1.807, 2.05) is 0 Å². The maximum atomic E-state index is 12.8. The average molecular weight is 429 g/mol. The van der Waals surface area contributed by atoms with Gasteiger partial charge in [-0.3, -0.25) is 4.79 Å². The standard InChI is InChI=1S/C29H48O2/c1-18(2)9-8-10-19(3)21-12-13-22-20-11-14-24-27(4,5)25(30)17-26(31)29(24,7)23(20)15-16-28(21,22)6/h14,18-23,26,31H,8-13,15-17H2,1-7H3/t19-,20+,21-,22+,23+,26?,28-,29-/m1/s1. The summed E-state index contributed by atoms with van der Waals surface area (Å²) in [6.07, 6.45) is 12.8. The molecular weight excluding hydrogens is 380 g/mol. The Morgan fingerprint density at radius 1 is 1.03 bits per heavy atom. The quantitative estimate of drug-likeness (QED) is 0.470. The Kier molecular flexibility index (Phi) is 6.07. The molecule has 0 spiro atoms. The van der Waals surface area contributed by atoms with E-state index in [4.69, 9.17) is 0 Å². The largest absolute Gasteiger partial charge is 0.392 e. The lowest BCUT2D eigenvalue weighted by Gasteiger charge is -2.61. The zero-order valence-corrected chi connectivity index (χ0v) is 21.3. The maximum Gasteiger partial charge on any atom is 0.145 e. The van der Waals surface area contributed by atoms with Crippen LogP contribution in [0.2, 0.25) is 0 Å². The van der Waals surface area contributed by atoms with Crippen molar-refractivity contribution in [2.75, 3.05) is 0 Å². The second-order valence-electron chi connectivity index (χ2n) is 13.3. The van der Waals surface area contributed by atoms with Crippen molar-refractivity contribution in [3.05, 3.63) is 11.6 Å². The molecule has 31 heavy (non-hydrogen) atoms. The lowest BCUT2D eigenvalue weighted by atomic mass is 9.43. The molecule has 3 saturated carbocycles. The summed E-state index contributed by atoms with van der Waals surface area (Å²) in [4.78, 5) is 12.8. The molecule has 0 aromatic heterocycles. The van der Waals surface area contributed by atoms with E-state index in [-0.39, 0.29) is 11.2 Å². The normalized spacial score (nSPS) is 45.0. The molecule has 0 saturated heterocycles. The van der Waals surface area contributed by atoms with Crippen molar-refractivity contribution in [2.45, 2.75) is 112 Å². The first kappa shape index (κ1) is 23.5. The lowest BCUT2D eigenvalue weighted by molar-refractivity contribution is -0.144. The Bertz CT molecular complexity index is 733. The summed E-state index contributed by atoms with van der Waals surface area (Å²) in [6.45, 7) is 16.3. The van der Waals surface area contributed by atoms with E-state index >= 15 is 0 Å². The predicted octanol–water partition coefficient (Wildman–Crippen LogP) is 7.20. The Morgan fingerprint density at radius 2 is 1.74 bits per heavy atom. The highest BCUT2D eigenvalue weighted by Crippen LogP contribution is 2.68. The fourth-order valence-electron chi connectivity index (χ4n) is 9.21. The molecular formula is C29H48O2. The molecule has 0 amide bonds. The number of hydrogen-bond donors (Lipinski definition) is 1. The van der Waals surface area contributed by atoms with Crippen LogP contribution in [0, 0.1) is 51.8 Å². The molecule has 1 unspecified atom stereocenters. The third-order valence-corrected chi connectivity index (χ3v) is 11.0. The summed E-state index contributed by atoms with van der Waals surface area (Å²) >= 11 is 0. The van der Waals surface area contributed by atoms with Crippen LogP contribution in [0.3, 0.4) is 0 Å². The number of carbonyl (C=O) groups excluding carboxylic acids is 1. The third-order valence-electron chi connectivity index (χ3n) is 11.0. The van der Waals surface area contributed by atoms with E-state index in [2.05, 4.69) is 54.5 Å². The second-order valence-corrected chi connectivity index (χ2v) is 13.3. The molecule has 4 aliphatic carbocycles. The number of carbonyl (C=O) groups is 1. The van der Waals surface area contributed by atoms with Crippen LogP contribution in [0.5, 0.6) is 0 Å². The van der Waals surface area contributed by atoms with Crippen molar-refractivity contribution < 1.29 is 9.90 Å². The zero-order valence-electron chi connectivity index (χ0n) is 21.3. The van der Waals surface area contributed by atoms with Gasteiger partial charge in [0.1, 0.15) is 5.78 Å². The topological polar surface area (TPSA) is 37.3 Å². The van der Waals surface area contributed by atoms with Gasteiger partial charge in [0, 0.05) is 17.3 Å². The Balaban J connectivity index is 1.58. The SMILES string of the molecule is CC(C)CCC[C@@H](C)[C@H]1CC[C@H]2[C@@H]3CC=C4C(C)(C)C(=O)CC(O)[C@]4(C)[C@H]3CC[C@]12C. The van der Waals surface area contributed by atoms with Gasteiger partial charge in [0.2, 0.25) is 0 Å². The lowest BCUT2D eigenvalue weighted by Crippen LogP contribution is -2.59. The summed E-state index contributed by atoms with van der Waals surface area (Å²) < 4.78 is 0. The average Bonchev–Trinajstić information content (AvgIpc) is 3.04. The molecule has 3 fully saturated rings. The number of ketones is 1. The fraction of sp³-hybridized carbons (Fsp3) is 0.897. The van der Waals surface area contributed by atoms with Crippen molar-refractivity contribution in [1.29, 1.82) is 0 Å². The molecule has 0 heterocycles. The van der Waals surface area contributed by atoms with Gasteiger partial charge in [0.05, 0.1) is 6.10 Å². The first-order valence-corrected chi connectivity index (χ1v) is 13.4. The molecule has 2 nitrogen and oxygen atoms in total. The van der Waals surface area contributed by atoms with Crippen molar-refractivity contribution in [1.82, 2.24) is 0 Å². The number of Topliss-reactive ketones (excluding diaryl/α,β-unsaturated/α-hetero) is 1. The number of rotatable bonds is 5. The van der Waals surface area contributed by atoms with Gasteiger partial charge < -0.3 is 5.11 Å². The molecule has 0 aromatic rings. The van der Waals surface area contributed by atoms with Crippen LogP contribution in [-0.4, -0.2) is 17.0 Å². The molecule has 176 valence electrons. The van der Waals surface area contributed by atoms with E-state index < -0.39 is 11.5 Å². The maximum absolute atomic E-state index is 12.8. The van der Waals surface area contributed by atoms with Crippen LogP contribution in [0.1, 0.15) is 106 Å². The monoisotopic (exact) mass is 428 g/mol. The first-order valence-electron chi connectivity index (χ1n) is 13.4. The molecule has 8 atom stereocenters. The van der Waals surface area contributed by atoms with Crippen molar-refractivity contribution >= 4 is 5.78 Å². The molecule has 0 aromatic carbocycles. The van der Waals surface area contributed by atoms with Gasteiger partial charge in [-0.1, -0.05) is 65.5 Å². The van der Waals surface area contributed by atoms with Crippen molar-refractivity contribution in [3.8, 4) is 0 Å². The minimum Gasteiger partial charge on any atom is -0.392 e. The van der Waals surface area contributed by atoms with Crippen LogP contribution in [0.4, 0.5) is 0 Å². The van der Waals surface area contributed by atoms with Crippen LogP contribution < -0.4 is 0 Å². The highest BCUT2D eigenvalue weighted by molar-refractivity contribution is 5.89. The van der Waals surface area contributed by atoms with Gasteiger partial charge in [-0.25, -0.2) is 0 Å². The molecule has 4 rings (SSSR count). The fourth-order valence-corrected chi connectivity index (χ4v) is 9.21. The molecule has 1 N–H and O–H groups in total. The number of aliphatic hydroxyl groups is 1. The summed E-state index contributed by atoms with van der Waals surface area (Å²) in [5, 5.41) is 11.2. The smallest absolute Gasteiger partial charge is 0.145 e. The summed E-state index contributed by atoms with van der Waals surface area (Å²) in [6, 6.07) is 0. The number of hydrogen-bond acceptors (Lipinski definition) is 2. The zero-order chi connectivity index (χ0) is 22.8. The predicted molar refractivity (Wildman–Crippen MR) is 129 cm³/mol. The molecule has 0 bridgehead atoms. The Labute approximate surface area is 191 Å². The molecule has 0 radical (unpaired) electrons. The van der Waals surface area contributed by atoms with Crippen molar-refractivity contribution in [2.24, 2.45) is 51.8 Å². The summed E-state index contributed by atoms with van der Waals surface area (Å²) in [7, 11) is 0. The third kappa shape index (κ3) is 3.49. The van der Waals surface area contributed by atoms with E-state index in [0.29, 0.717) is 23.7 Å². The van der Waals surface area contributed by atoms with E-state index in [0.717, 1.165) is 30.1 Å². The molecule has 0 aliphatic heterocycles. The summed E-state index contributed by atoms with van der Waals surface area (Å²) in [5.74, 6) is 4.72. The molecule has 2 heteroatoms. The van der Waals surface area contributed by atoms with Gasteiger partial charge in [-0.05, 0) is 86.9 Å². The van der Waals surface area contributed by atoms with Crippen LogP contribution in [-0.2, 0) is 4.79 Å². The minimum absolute atomic E-state index is 0.220.